The Morgan fingerprint density at radius 3 is 2.54 bits per heavy atom. The third-order valence-corrected chi connectivity index (χ3v) is 6.90. The molecule has 1 saturated heterocycles. The molecule has 7 nitrogen and oxygen atoms in total. The quantitative estimate of drug-likeness (QED) is 0.501. The van der Waals surface area contributed by atoms with Crippen molar-refractivity contribution >= 4 is 16.1 Å². The summed E-state index contributed by atoms with van der Waals surface area (Å²) in [6.07, 6.45) is 6.74. The van der Waals surface area contributed by atoms with E-state index in [0.717, 1.165) is 25.7 Å². The SMILES string of the molecule is O=C(OC(CN1CCOCC1)CS(=O)(=O)[O-])C1CCCC2CCCCC21. The third-order valence-electron chi connectivity index (χ3n) is 6.12. The van der Waals surface area contributed by atoms with Crippen LogP contribution in [0.3, 0.4) is 0 Å². The Labute approximate surface area is 156 Å². The summed E-state index contributed by atoms with van der Waals surface area (Å²) in [6, 6.07) is 0. The Balaban J connectivity index is 1.63. The van der Waals surface area contributed by atoms with Crippen LogP contribution in [0.15, 0.2) is 0 Å². The maximum Gasteiger partial charge on any atom is 0.309 e. The van der Waals surface area contributed by atoms with Crippen molar-refractivity contribution in [2.45, 2.75) is 51.0 Å². The topological polar surface area (TPSA) is 96.0 Å². The van der Waals surface area contributed by atoms with Gasteiger partial charge in [-0.3, -0.25) is 9.69 Å². The van der Waals surface area contributed by atoms with Gasteiger partial charge in [-0.1, -0.05) is 32.1 Å². The normalized spacial score (nSPS) is 31.8. The number of carbonyl (C=O) groups excluding carboxylic acids is 1. The van der Waals surface area contributed by atoms with Crippen LogP contribution in [0.5, 0.6) is 0 Å². The minimum absolute atomic E-state index is 0.143. The lowest BCUT2D eigenvalue weighted by Crippen LogP contribution is -2.46. The molecule has 26 heavy (non-hydrogen) atoms. The fourth-order valence-electron chi connectivity index (χ4n) is 4.91. The van der Waals surface area contributed by atoms with Gasteiger partial charge in [0.2, 0.25) is 0 Å². The highest BCUT2D eigenvalue weighted by Gasteiger charge is 2.40. The van der Waals surface area contributed by atoms with Crippen molar-refractivity contribution in [1.29, 1.82) is 0 Å². The zero-order chi connectivity index (χ0) is 18.6. The van der Waals surface area contributed by atoms with E-state index < -0.39 is 22.0 Å². The monoisotopic (exact) mass is 388 g/mol. The minimum atomic E-state index is -4.46. The zero-order valence-electron chi connectivity index (χ0n) is 15.3. The van der Waals surface area contributed by atoms with Gasteiger partial charge < -0.3 is 14.0 Å². The molecule has 2 aliphatic carbocycles. The molecular formula is C18H30NO6S-. The van der Waals surface area contributed by atoms with E-state index in [2.05, 4.69) is 0 Å². The fraction of sp³-hybridized carbons (Fsp3) is 0.944. The van der Waals surface area contributed by atoms with Crippen LogP contribution < -0.4 is 0 Å². The van der Waals surface area contributed by atoms with E-state index in [0.29, 0.717) is 38.1 Å². The molecule has 0 spiro atoms. The number of morpholine rings is 1. The molecule has 0 N–H and O–H groups in total. The first-order valence-corrected chi connectivity index (χ1v) is 11.4. The Hall–Kier alpha value is -0.700. The van der Waals surface area contributed by atoms with Crippen molar-refractivity contribution in [1.82, 2.24) is 4.90 Å². The molecule has 2 saturated carbocycles. The summed E-state index contributed by atoms with van der Waals surface area (Å²) < 4.78 is 44.7. The molecule has 0 aromatic rings. The molecule has 4 unspecified atom stereocenters. The minimum Gasteiger partial charge on any atom is -0.748 e. The second-order valence-corrected chi connectivity index (χ2v) is 9.39. The maximum absolute atomic E-state index is 12.8. The molecule has 0 bridgehead atoms. The maximum atomic E-state index is 12.8. The van der Waals surface area contributed by atoms with Gasteiger partial charge in [-0.15, -0.1) is 0 Å². The second kappa shape index (κ2) is 8.99. The highest BCUT2D eigenvalue weighted by molar-refractivity contribution is 7.85. The van der Waals surface area contributed by atoms with Crippen molar-refractivity contribution < 1.29 is 27.2 Å². The van der Waals surface area contributed by atoms with Crippen LogP contribution >= 0.6 is 0 Å². The number of fused-ring (bicyclic) bond motifs is 1. The number of rotatable bonds is 6. The van der Waals surface area contributed by atoms with Gasteiger partial charge in [0.25, 0.3) is 0 Å². The van der Waals surface area contributed by atoms with Gasteiger partial charge >= 0.3 is 5.97 Å². The van der Waals surface area contributed by atoms with E-state index >= 15 is 0 Å². The third kappa shape index (κ3) is 5.65. The number of carbonyl (C=O) groups is 1. The van der Waals surface area contributed by atoms with E-state index in [4.69, 9.17) is 9.47 Å². The summed E-state index contributed by atoms with van der Waals surface area (Å²) in [5, 5.41) is 0. The second-order valence-electron chi connectivity index (χ2n) is 7.94. The molecule has 1 aliphatic heterocycles. The average molecular weight is 389 g/mol. The van der Waals surface area contributed by atoms with Crippen molar-refractivity contribution in [2.75, 3.05) is 38.6 Å². The molecule has 3 rings (SSSR count). The smallest absolute Gasteiger partial charge is 0.309 e. The highest BCUT2D eigenvalue weighted by Crippen LogP contribution is 2.44. The van der Waals surface area contributed by atoms with Crippen LogP contribution in [0.4, 0.5) is 0 Å². The Morgan fingerprint density at radius 2 is 1.81 bits per heavy atom. The fourth-order valence-corrected chi connectivity index (χ4v) is 5.53. The first-order valence-electron chi connectivity index (χ1n) is 9.86. The van der Waals surface area contributed by atoms with Crippen LogP contribution in [0.25, 0.3) is 0 Å². The molecular weight excluding hydrogens is 358 g/mol. The Morgan fingerprint density at radius 1 is 1.12 bits per heavy atom. The van der Waals surface area contributed by atoms with Gasteiger partial charge in [0.1, 0.15) is 6.10 Å². The molecule has 3 fully saturated rings. The zero-order valence-corrected chi connectivity index (χ0v) is 16.1. The number of hydrogen-bond donors (Lipinski definition) is 0. The molecule has 0 aromatic heterocycles. The van der Waals surface area contributed by atoms with Gasteiger partial charge in [0, 0.05) is 19.6 Å². The van der Waals surface area contributed by atoms with Crippen molar-refractivity contribution in [3.8, 4) is 0 Å². The summed E-state index contributed by atoms with van der Waals surface area (Å²) in [7, 11) is -4.46. The number of esters is 1. The molecule has 0 radical (unpaired) electrons. The molecule has 1 heterocycles. The lowest BCUT2D eigenvalue weighted by molar-refractivity contribution is -0.159. The largest absolute Gasteiger partial charge is 0.748 e. The van der Waals surface area contributed by atoms with Crippen LogP contribution in [0.1, 0.15) is 44.9 Å². The van der Waals surface area contributed by atoms with Crippen LogP contribution in [0.2, 0.25) is 0 Å². The van der Waals surface area contributed by atoms with Gasteiger partial charge in [0.05, 0.1) is 35.0 Å². The Kier molecular flexibility index (Phi) is 6.93. The van der Waals surface area contributed by atoms with E-state index in [-0.39, 0.29) is 18.4 Å². The van der Waals surface area contributed by atoms with E-state index in [9.17, 15) is 17.8 Å². The standard InChI is InChI=1S/C18H31NO6S/c20-18(17-7-3-5-14-4-1-2-6-16(14)17)25-15(13-26(21,22)23)12-19-8-10-24-11-9-19/h14-17H,1-13H2,(H,21,22,23)/p-1. The van der Waals surface area contributed by atoms with Crippen LogP contribution in [-0.2, 0) is 24.4 Å². The van der Waals surface area contributed by atoms with Crippen molar-refractivity contribution in [3.05, 3.63) is 0 Å². The van der Waals surface area contributed by atoms with E-state index in [1.165, 1.54) is 19.3 Å². The molecule has 150 valence electrons. The highest BCUT2D eigenvalue weighted by atomic mass is 32.2. The summed E-state index contributed by atoms with van der Waals surface area (Å²) >= 11 is 0. The van der Waals surface area contributed by atoms with Gasteiger partial charge in [-0.25, -0.2) is 8.42 Å². The first-order chi connectivity index (χ1) is 12.4. The summed E-state index contributed by atoms with van der Waals surface area (Å²) in [6.45, 7) is 2.72. The van der Waals surface area contributed by atoms with Gasteiger partial charge in [-0.2, -0.15) is 0 Å². The van der Waals surface area contributed by atoms with Crippen molar-refractivity contribution in [2.24, 2.45) is 17.8 Å². The number of ether oxygens (including phenoxy) is 2. The van der Waals surface area contributed by atoms with E-state index in [1.54, 1.807) is 0 Å². The first kappa shape index (κ1) is 20.0. The van der Waals surface area contributed by atoms with Crippen molar-refractivity contribution in [3.63, 3.8) is 0 Å². The predicted molar refractivity (Wildman–Crippen MR) is 94.5 cm³/mol. The molecule has 8 heteroatoms. The van der Waals surface area contributed by atoms with E-state index in [1.807, 2.05) is 4.90 Å². The summed E-state index contributed by atoms with van der Waals surface area (Å²) in [5.74, 6) is -0.148. The van der Waals surface area contributed by atoms with Crippen LogP contribution in [-0.4, -0.2) is 68.5 Å². The number of nitrogens with zero attached hydrogens (tertiary/aromatic N) is 1. The molecule has 0 amide bonds. The lowest BCUT2D eigenvalue weighted by Gasteiger charge is -2.40. The summed E-state index contributed by atoms with van der Waals surface area (Å²) in [4.78, 5) is 14.8. The lowest BCUT2D eigenvalue weighted by atomic mass is 9.65. The summed E-state index contributed by atoms with van der Waals surface area (Å²) in [5.41, 5.74) is 0. The average Bonchev–Trinajstić information content (AvgIpc) is 2.60. The van der Waals surface area contributed by atoms with Gasteiger partial charge in [0.15, 0.2) is 0 Å². The van der Waals surface area contributed by atoms with Gasteiger partial charge in [-0.05, 0) is 24.7 Å². The molecule has 3 aliphatic rings. The number of hydrogen-bond acceptors (Lipinski definition) is 7. The molecule has 4 atom stereocenters. The molecule has 0 aromatic carbocycles. The predicted octanol–water partition coefficient (Wildman–Crippen LogP) is 1.38. The van der Waals surface area contributed by atoms with Crippen LogP contribution in [0, 0.1) is 17.8 Å². The Bertz CT molecular complexity index is 572.